The van der Waals surface area contributed by atoms with Crippen LogP contribution in [0.25, 0.3) is 0 Å². The van der Waals surface area contributed by atoms with Gasteiger partial charge in [-0.1, -0.05) is 25.3 Å². The van der Waals surface area contributed by atoms with Gasteiger partial charge in [-0.3, -0.25) is 0 Å². The number of likely N-dealkylation sites (tertiary alicyclic amines) is 1. The summed E-state index contributed by atoms with van der Waals surface area (Å²) in [6, 6.07) is 6.03. The first-order valence-corrected chi connectivity index (χ1v) is 11.5. The molecule has 0 radical (unpaired) electrons. The Kier molecular flexibility index (Phi) is 9.65. The SMILES string of the molecule is COc1cc(CN(C)CCn2ccnc2)ccc1OCC(O)CN1CCCCCCC1. The van der Waals surface area contributed by atoms with E-state index in [9.17, 15) is 5.11 Å². The Morgan fingerprint density at radius 3 is 2.61 bits per heavy atom. The van der Waals surface area contributed by atoms with Crippen LogP contribution in [0.5, 0.6) is 11.5 Å². The Morgan fingerprint density at radius 1 is 1.13 bits per heavy atom. The number of aliphatic hydroxyl groups excluding tert-OH is 1. The molecular weight excluding hydrogens is 392 g/mol. The molecule has 7 nitrogen and oxygen atoms in total. The number of likely N-dealkylation sites (N-methyl/N-ethyl adjacent to an activating group) is 1. The third kappa shape index (κ3) is 8.16. The molecule has 0 spiro atoms. The van der Waals surface area contributed by atoms with Gasteiger partial charge in [-0.25, -0.2) is 4.98 Å². The number of ether oxygens (including phenoxy) is 2. The molecular formula is C24H38N4O3. The van der Waals surface area contributed by atoms with Gasteiger partial charge in [-0.2, -0.15) is 0 Å². The monoisotopic (exact) mass is 430 g/mol. The normalized spacial score (nSPS) is 16.6. The lowest BCUT2D eigenvalue weighted by molar-refractivity contribution is 0.0645. The largest absolute Gasteiger partial charge is 0.493 e. The predicted molar refractivity (Wildman–Crippen MR) is 123 cm³/mol. The molecule has 172 valence electrons. The third-order valence-electron chi connectivity index (χ3n) is 5.83. The zero-order chi connectivity index (χ0) is 21.9. The Balaban J connectivity index is 1.46. The van der Waals surface area contributed by atoms with Gasteiger partial charge in [0, 0.05) is 38.6 Å². The lowest BCUT2D eigenvalue weighted by atomic mass is 10.1. The fourth-order valence-electron chi connectivity index (χ4n) is 4.06. The van der Waals surface area contributed by atoms with Gasteiger partial charge >= 0.3 is 0 Å². The van der Waals surface area contributed by atoms with Crippen LogP contribution in [0.2, 0.25) is 0 Å². The zero-order valence-corrected chi connectivity index (χ0v) is 19.1. The first kappa shape index (κ1) is 23.6. The molecule has 1 aromatic carbocycles. The number of hydrogen-bond acceptors (Lipinski definition) is 6. The van der Waals surface area contributed by atoms with Crippen molar-refractivity contribution in [1.82, 2.24) is 19.4 Å². The van der Waals surface area contributed by atoms with E-state index >= 15 is 0 Å². The summed E-state index contributed by atoms with van der Waals surface area (Å²) in [6.45, 7) is 5.75. The van der Waals surface area contributed by atoms with Crippen molar-refractivity contribution in [3.8, 4) is 11.5 Å². The fourth-order valence-corrected chi connectivity index (χ4v) is 4.06. The summed E-state index contributed by atoms with van der Waals surface area (Å²) in [7, 11) is 3.76. The number of hydrogen-bond donors (Lipinski definition) is 1. The molecule has 1 aliphatic rings. The number of benzene rings is 1. The lowest BCUT2D eigenvalue weighted by Gasteiger charge is -2.26. The Morgan fingerprint density at radius 2 is 1.90 bits per heavy atom. The predicted octanol–water partition coefficient (Wildman–Crippen LogP) is 3.03. The molecule has 1 atom stereocenters. The summed E-state index contributed by atoms with van der Waals surface area (Å²) in [5.41, 5.74) is 1.17. The molecule has 7 heteroatoms. The van der Waals surface area contributed by atoms with Crippen LogP contribution in [0.3, 0.4) is 0 Å². The number of β-amino-alcohol motifs (C(OH)–C–C–N with tert-alkyl or cyclic N) is 1. The first-order valence-electron chi connectivity index (χ1n) is 11.5. The standard InChI is InChI=1S/C24H38N4O3/c1-26(14-15-28-13-10-25-20-28)17-21-8-9-23(24(16-21)30-2)31-19-22(29)18-27-11-6-4-3-5-7-12-27/h8-10,13,16,20,22,29H,3-7,11-12,14-15,17-19H2,1-2H3. The van der Waals surface area contributed by atoms with Crippen molar-refractivity contribution in [3.63, 3.8) is 0 Å². The van der Waals surface area contributed by atoms with Crippen molar-refractivity contribution < 1.29 is 14.6 Å². The van der Waals surface area contributed by atoms with E-state index in [4.69, 9.17) is 9.47 Å². The number of aliphatic hydroxyl groups is 1. The van der Waals surface area contributed by atoms with E-state index in [1.54, 1.807) is 13.3 Å². The highest BCUT2D eigenvalue weighted by Gasteiger charge is 2.15. The molecule has 0 bridgehead atoms. The summed E-state index contributed by atoms with van der Waals surface area (Å²) >= 11 is 0. The molecule has 1 unspecified atom stereocenters. The second-order valence-electron chi connectivity index (χ2n) is 8.56. The molecule has 1 aliphatic heterocycles. The molecule has 1 N–H and O–H groups in total. The van der Waals surface area contributed by atoms with Gasteiger partial charge in [0.1, 0.15) is 12.7 Å². The topological polar surface area (TPSA) is 63.0 Å². The van der Waals surface area contributed by atoms with Crippen molar-refractivity contribution >= 4 is 0 Å². The minimum atomic E-state index is -0.502. The van der Waals surface area contributed by atoms with Crippen LogP contribution in [-0.2, 0) is 13.1 Å². The van der Waals surface area contributed by atoms with Gasteiger partial charge < -0.3 is 28.9 Å². The number of methoxy groups -OCH3 is 1. The van der Waals surface area contributed by atoms with Gasteiger partial charge in [0.2, 0.25) is 0 Å². The molecule has 2 heterocycles. The highest BCUT2D eigenvalue weighted by atomic mass is 16.5. The highest BCUT2D eigenvalue weighted by Crippen LogP contribution is 2.28. The van der Waals surface area contributed by atoms with Gasteiger partial charge in [-0.05, 0) is 50.7 Å². The molecule has 31 heavy (non-hydrogen) atoms. The van der Waals surface area contributed by atoms with Crippen molar-refractivity contribution in [3.05, 3.63) is 42.5 Å². The smallest absolute Gasteiger partial charge is 0.161 e. The second kappa shape index (κ2) is 12.7. The van der Waals surface area contributed by atoms with Gasteiger partial charge in [0.15, 0.2) is 11.5 Å². The minimum absolute atomic E-state index is 0.275. The molecule has 2 aromatic rings. The molecule has 3 rings (SSSR count). The van der Waals surface area contributed by atoms with E-state index in [1.807, 2.05) is 24.7 Å². The average molecular weight is 431 g/mol. The number of rotatable bonds is 11. The fraction of sp³-hybridized carbons (Fsp3) is 0.625. The summed E-state index contributed by atoms with van der Waals surface area (Å²) in [6.07, 6.45) is 11.5. The summed E-state index contributed by atoms with van der Waals surface area (Å²) in [5.74, 6) is 1.39. The van der Waals surface area contributed by atoms with E-state index < -0.39 is 6.10 Å². The molecule has 0 amide bonds. The van der Waals surface area contributed by atoms with Crippen molar-refractivity contribution in [2.45, 2.75) is 51.3 Å². The van der Waals surface area contributed by atoms with E-state index in [-0.39, 0.29) is 6.61 Å². The van der Waals surface area contributed by atoms with Crippen LogP contribution in [0.1, 0.15) is 37.7 Å². The van der Waals surface area contributed by atoms with Crippen LogP contribution in [0.15, 0.2) is 36.9 Å². The average Bonchev–Trinajstić information content (AvgIpc) is 3.27. The van der Waals surface area contributed by atoms with Gasteiger partial charge in [0.05, 0.1) is 13.4 Å². The zero-order valence-electron chi connectivity index (χ0n) is 19.1. The molecule has 0 saturated carbocycles. The summed E-state index contributed by atoms with van der Waals surface area (Å²) in [5, 5.41) is 10.5. The summed E-state index contributed by atoms with van der Waals surface area (Å²) < 4.78 is 13.5. The number of imidazole rings is 1. The maximum Gasteiger partial charge on any atom is 0.161 e. The molecule has 0 aliphatic carbocycles. The third-order valence-corrected chi connectivity index (χ3v) is 5.83. The summed E-state index contributed by atoms with van der Waals surface area (Å²) in [4.78, 5) is 8.71. The Hall–Kier alpha value is -2.09. The van der Waals surface area contributed by atoms with Gasteiger partial charge in [0.25, 0.3) is 0 Å². The van der Waals surface area contributed by atoms with E-state index in [1.165, 1.54) is 37.7 Å². The van der Waals surface area contributed by atoms with Crippen molar-refractivity contribution in [2.75, 3.05) is 46.9 Å². The molecule has 1 aromatic heterocycles. The number of nitrogens with zero attached hydrogens (tertiary/aromatic N) is 4. The maximum atomic E-state index is 10.5. The van der Waals surface area contributed by atoms with E-state index in [0.717, 1.165) is 32.7 Å². The lowest BCUT2D eigenvalue weighted by Crippen LogP contribution is -2.37. The minimum Gasteiger partial charge on any atom is -0.493 e. The Labute approximate surface area is 186 Å². The number of aromatic nitrogens is 2. The maximum absolute atomic E-state index is 10.5. The van der Waals surface area contributed by atoms with Crippen LogP contribution < -0.4 is 9.47 Å². The van der Waals surface area contributed by atoms with Gasteiger partial charge in [-0.15, -0.1) is 0 Å². The molecule has 1 saturated heterocycles. The highest BCUT2D eigenvalue weighted by molar-refractivity contribution is 5.43. The quantitative estimate of drug-likeness (QED) is 0.591. The molecule has 1 fully saturated rings. The van der Waals surface area contributed by atoms with Crippen LogP contribution >= 0.6 is 0 Å². The van der Waals surface area contributed by atoms with Crippen LogP contribution in [0, 0.1) is 0 Å². The van der Waals surface area contributed by atoms with Crippen LogP contribution in [0.4, 0.5) is 0 Å². The van der Waals surface area contributed by atoms with Crippen molar-refractivity contribution in [2.24, 2.45) is 0 Å². The van der Waals surface area contributed by atoms with E-state index in [0.29, 0.717) is 18.0 Å². The van der Waals surface area contributed by atoms with E-state index in [2.05, 4.69) is 32.5 Å². The van der Waals surface area contributed by atoms with Crippen molar-refractivity contribution in [1.29, 1.82) is 0 Å². The second-order valence-corrected chi connectivity index (χ2v) is 8.56. The Bertz CT molecular complexity index is 745. The van der Waals surface area contributed by atoms with Crippen LogP contribution in [-0.4, -0.2) is 77.5 Å². The first-order chi connectivity index (χ1) is 15.1.